The van der Waals surface area contributed by atoms with Crippen LogP contribution in [-0.4, -0.2) is 16.0 Å². The van der Waals surface area contributed by atoms with Gasteiger partial charge in [-0.15, -0.1) is 11.3 Å². The van der Waals surface area contributed by atoms with Gasteiger partial charge in [0.1, 0.15) is 0 Å². The Hall–Kier alpha value is -2.41. The number of nitrogens with zero attached hydrogens (tertiary/aromatic N) is 2. The molecule has 0 unspecified atom stereocenters. The SMILES string of the molecule is O=C(NCc1noc(-c2cccs2)n1)c1ccco1. The van der Waals surface area contributed by atoms with Crippen LogP contribution in [0, 0.1) is 0 Å². The highest BCUT2D eigenvalue weighted by Crippen LogP contribution is 2.22. The number of aromatic nitrogens is 2. The Morgan fingerprint density at radius 2 is 2.32 bits per heavy atom. The maximum absolute atomic E-state index is 11.6. The standard InChI is InChI=1S/C12H9N3O3S/c16-11(8-3-1-5-17-8)13-7-10-14-12(18-15-10)9-4-2-6-19-9/h1-6H,7H2,(H,13,16). The molecular weight excluding hydrogens is 266 g/mol. The van der Waals surface area contributed by atoms with Gasteiger partial charge in [-0.05, 0) is 23.6 Å². The molecule has 3 aromatic heterocycles. The number of furan rings is 1. The minimum absolute atomic E-state index is 0.189. The van der Waals surface area contributed by atoms with Crippen molar-refractivity contribution in [2.45, 2.75) is 6.54 Å². The molecule has 0 bridgehead atoms. The van der Waals surface area contributed by atoms with Crippen LogP contribution in [0.4, 0.5) is 0 Å². The molecule has 3 heterocycles. The van der Waals surface area contributed by atoms with Crippen molar-refractivity contribution in [2.24, 2.45) is 0 Å². The molecule has 0 saturated carbocycles. The van der Waals surface area contributed by atoms with Crippen LogP contribution in [0.1, 0.15) is 16.4 Å². The first-order chi connectivity index (χ1) is 9.33. The van der Waals surface area contributed by atoms with Crippen molar-refractivity contribution in [1.29, 1.82) is 0 Å². The molecule has 0 aliphatic carbocycles. The molecule has 0 atom stereocenters. The molecule has 0 aliphatic heterocycles. The Bertz CT molecular complexity index is 658. The zero-order valence-electron chi connectivity index (χ0n) is 9.70. The van der Waals surface area contributed by atoms with Gasteiger partial charge < -0.3 is 14.3 Å². The lowest BCUT2D eigenvalue weighted by Crippen LogP contribution is -2.22. The summed E-state index contributed by atoms with van der Waals surface area (Å²) in [5, 5.41) is 8.37. The summed E-state index contributed by atoms with van der Waals surface area (Å²) in [5.41, 5.74) is 0. The topological polar surface area (TPSA) is 81.2 Å². The van der Waals surface area contributed by atoms with E-state index in [0.29, 0.717) is 11.7 Å². The van der Waals surface area contributed by atoms with Gasteiger partial charge >= 0.3 is 0 Å². The molecule has 0 saturated heterocycles. The molecule has 7 heteroatoms. The summed E-state index contributed by atoms with van der Waals surface area (Å²) in [6.07, 6.45) is 1.44. The predicted octanol–water partition coefficient (Wildman–Crippen LogP) is 2.32. The van der Waals surface area contributed by atoms with E-state index in [1.807, 2.05) is 17.5 Å². The van der Waals surface area contributed by atoms with Crippen LogP contribution in [0.25, 0.3) is 10.8 Å². The highest BCUT2D eigenvalue weighted by molar-refractivity contribution is 7.13. The molecule has 3 aromatic rings. The molecule has 1 amide bonds. The fourth-order valence-electron chi connectivity index (χ4n) is 1.48. The second-order valence-electron chi connectivity index (χ2n) is 3.65. The Morgan fingerprint density at radius 1 is 1.37 bits per heavy atom. The van der Waals surface area contributed by atoms with Crippen LogP contribution in [0.15, 0.2) is 44.8 Å². The number of hydrogen-bond donors (Lipinski definition) is 1. The zero-order valence-corrected chi connectivity index (χ0v) is 10.5. The van der Waals surface area contributed by atoms with Gasteiger partial charge in [0.05, 0.1) is 17.7 Å². The number of amides is 1. The monoisotopic (exact) mass is 275 g/mol. The zero-order chi connectivity index (χ0) is 13.1. The Balaban J connectivity index is 1.63. The number of rotatable bonds is 4. The van der Waals surface area contributed by atoms with Crippen molar-refractivity contribution in [3.05, 3.63) is 47.5 Å². The lowest BCUT2D eigenvalue weighted by molar-refractivity contribution is 0.0922. The van der Waals surface area contributed by atoms with E-state index in [-0.39, 0.29) is 18.2 Å². The summed E-state index contributed by atoms with van der Waals surface area (Å²) in [6.45, 7) is 0.189. The average Bonchev–Trinajstić information content (AvgIpc) is 3.14. The fraction of sp³-hybridized carbons (Fsp3) is 0.0833. The van der Waals surface area contributed by atoms with Gasteiger partial charge in [-0.3, -0.25) is 4.79 Å². The lowest BCUT2D eigenvalue weighted by Gasteiger charge is -1.97. The van der Waals surface area contributed by atoms with E-state index in [4.69, 9.17) is 8.94 Å². The number of thiophene rings is 1. The molecule has 0 radical (unpaired) electrons. The summed E-state index contributed by atoms with van der Waals surface area (Å²) in [6, 6.07) is 7.03. The number of nitrogens with one attached hydrogen (secondary N) is 1. The van der Waals surface area contributed by atoms with E-state index in [2.05, 4.69) is 15.5 Å². The third-order valence-corrected chi connectivity index (χ3v) is 3.21. The molecule has 19 heavy (non-hydrogen) atoms. The van der Waals surface area contributed by atoms with Gasteiger partial charge in [-0.1, -0.05) is 11.2 Å². The number of carbonyl (C=O) groups excluding carboxylic acids is 1. The summed E-state index contributed by atoms with van der Waals surface area (Å²) in [7, 11) is 0. The third-order valence-electron chi connectivity index (χ3n) is 2.35. The summed E-state index contributed by atoms with van der Waals surface area (Å²) < 4.78 is 10.1. The normalized spacial score (nSPS) is 10.5. The van der Waals surface area contributed by atoms with E-state index < -0.39 is 0 Å². The van der Waals surface area contributed by atoms with Crippen molar-refractivity contribution in [3.8, 4) is 10.8 Å². The second kappa shape index (κ2) is 5.07. The minimum Gasteiger partial charge on any atom is -0.459 e. The smallest absolute Gasteiger partial charge is 0.287 e. The highest BCUT2D eigenvalue weighted by Gasteiger charge is 2.12. The van der Waals surface area contributed by atoms with Crippen LogP contribution in [-0.2, 0) is 6.54 Å². The van der Waals surface area contributed by atoms with Crippen LogP contribution >= 0.6 is 11.3 Å². The van der Waals surface area contributed by atoms with Crippen LogP contribution in [0.2, 0.25) is 0 Å². The van der Waals surface area contributed by atoms with E-state index in [1.165, 1.54) is 17.6 Å². The predicted molar refractivity (Wildman–Crippen MR) is 67.5 cm³/mol. The van der Waals surface area contributed by atoms with Crippen molar-refractivity contribution in [3.63, 3.8) is 0 Å². The maximum Gasteiger partial charge on any atom is 0.287 e. The average molecular weight is 275 g/mol. The number of hydrogen-bond acceptors (Lipinski definition) is 6. The quantitative estimate of drug-likeness (QED) is 0.790. The molecular formula is C12H9N3O3S. The second-order valence-corrected chi connectivity index (χ2v) is 4.60. The van der Waals surface area contributed by atoms with E-state index >= 15 is 0 Å². The van der Waals surface area contributed by atoms with E-state index in [0.717, 1.165) is 4.88 Å². The molecule has 3 rings (SSSR count). The fourth-order valence-corrected chi connectivity index (χ4v) is 2.12. The van der Waals surface area contributed by atoms with Crippen molar-refractivity contribution in [2.75, 3.05) is 0 Å². The molecule has 0 fully saturated rings. The molecule has 1 N–H and O–H groups in total. The molecule has 0 aliphatic rings. The van der Waals surface area contributed by atoms with Gasteiger partial charge in [0, 0.05) is 0 Å². The van der Waals surface area contributed by atoms with Crippen molar-refractivity contribution in [1.82, 2.24) is 15.5 Å². The first-order valence-electron chi connectivity index (χ1n) is 5.51. The summed E-state index contributed by atoms with van der Waals surface area (Å²) in [5.74, 6) is 0.815. The van der Waals surface area contributed by atoms with Crippen LogP contribution < -0.4 is 5.32 Å². The van der Waals surface area contributed by atoms with Crippen molar-refractivity contribution < 1.29 is 13.7 Å². The molecule has 96 valence electrons. The molecule has 6 nitrogen and oxygen atoms in total. The van der Waals surface area contributed by atoms with Gasteiger partial charge in [0.2, 0.25) is 0 Å². The Morgan fingerprint density at radius 3 is 3.05 bits per heavy atom. The maximum atomic E-state index is 11.6. The summed E-state index contributed by atoms with van der Waals surface area (Å²) >= 11 is 1.51. The number of carbonyl (C=O) groups is 1. The minimum atomic E-state index is -0.313. The van der Waals surface area contributed by atoms with Crippen LogP contribution in [0.5, 0.6) is 0 Å². The van der Waals surface area contributed by atoms with Crippen LogP contribution in [0.3, 0.4) is 0 Å². The highest BCUT2D eigenvalue weighted by atomic mass is 32.1. The first kappa shape index (κ1) is 11.7. The largest absolute Gasteiger partial charge is 0.459 e. The summed E-state index contributed by atoms with van der Waals surface area (Å²) in [4.78, 5) is 16.7. The van der Waals surface area contributed by atoms with Crippen molar-refractivity contribution >= 4 is 17.2 Å². The van der Waals surface area contributed by atoms with Gasteiger partial charge in [-0.2, -0.15) is 4.98 Å². The first-order valence-corrected chi connectivity index (χ1v) is 6.39. The third kappa shape index (κ3) is 2.55. The van der Waals surface area contributed by atoms with E-state index in [1.54, 1.807) is 12.1 Å². The molecule has 0 aromatic carbocycles. The Labute approximate surface area is 112 Å². The van der Waals surface area contributed by atoms with Gasteiger partial charge in [-0.25, -0.2) is 0 Å². The van der Waals surface area contributed by atoms with Gasteiger partial charge in [0.15, 0.2) is 11.6 Å². The lowest BCUT2D eigenvalue weighted by atomic mass is 10.4. The van der Waals surface area contributed by atoms with E-state index in [9.17, 15) is 4.79 Å². The molecule has 0 spiro atoms. The van der Waals surface area contributed by atoms with Gasteiger partial charge in [0.25, 0.3) is 11.8 Å². The Kier molecular flexibility index (Phi) is 3.11.